The van der Waals surface area contributed by atoms with E-state index in [9.17, 15) is 19.2 Å². The number of ether oxygens (including phenoxy) is 1. The average Bonchev–Trinajstić information content (AvgIpc) is 3.26. The van der Waals surface area contributed by atoms with Crippen molar-refractivity contribution in [2.45, 2.75) is 44.6 Å². The van der Waals surface area contributed by atoms with Crippen LogP contribution in [0.3, 0.4) is 0 Å². The Morgan fingerprint density at radius 2 is 1.93 bits per heavy atom. The molecule has 222 valence electrons. The van der Waals surface area contributed by atoms with E-state index >= 15 is 0 Å². The van der Waals surface area contributed by atoms with Crippen LogP contribution in [0.15, 0.2) is 53.8 Å². The van der Waals surface area contributed by atoms with Crippen LogP contribution in [-0.2, 0) is 9.59 Å². The van der Waals surface area contributed by atoms with Crippen molar-refractivity contribution in [2.24, 2.45) is 10.7 Å². The van der Waals surface area contributed by atoms with Gasteiger partial charge < -0.3 is 15.8 Å². The summed E-state index contributed by atoms with van der Waals surface area (Å²) in [5.41, 5.74) is 9.79. The highest BCUT2D eigenvalue weighted by Crippen LogP contribution is 2.29. The number of fused-ring (bicyclic) bond motifs is 2. The second-order valence-corrected chi connectivity index (χ2v) is 10.3. The van der Waals surface area contributed by atoms with Crippen LogP contribution in [0.25, 0.3) is 16.6 Å². The molecule has 3 heterocycles. The maximum Gasteiger partial charge on any atom is 0.262 e. The second-order valence-electron chi connectivity index (χ2n) is 10.3. The van der Waals surface area contributed by atoms with Gasteiger partial charge in [0.15, 0.2) is 0 Å². The molecule has 4 amide bonds. The van der Waals surface area contributed by atoms with Gasteiger partial charge in [0, 0.05) is 43.2 Å². The van der Waals surface area contributed by atoms with Crippen molar-refractivity contribution >= 4 is 52.1 Å². The Balaban J connectivity index is 1.04. The minimum atomic E-state index is -0.972. The lowest BCUT2D eigenvalue weighted by Crippen LogP contribution is -2.54. The van der Waals surface area contributed by atoms with Crippen molar-refractivity contribution in [1.82, 2.24) is 20.2 Å². The summed E-state index contributed by atoms with van der Waals surface area (Å²) in [6.07, 6.45) is 8.88. The molecule has 43 heavy (non-hydrogen) atoms. The number of amides is 4. The lowest BCUT2D eigenvalue weighted by molar-refractivity contribution is -0.136. The van der Waals surface area contributed by atoms with Crippen molar-refractivity contribution in [2.75, 3.05) is 25.5 Å². The molecular formula is C31H33N7O5. The maximum absolute atomic E-state index is 13.0. The number of carbonyl (C=O) groups is 4. The molecule has 5 rings (SSSR count). The van der Waals surface area contributed by atoms with Crippen molar-refractivity contribution in [3.05, 3.63) is 65.6 Å². The number of hydrogen-bond acceptors (Lipinski definition) is 10. The lowest BCUT2D eigenvalue weighted by Gasteiger charge is -2.27. The van der Waals surface area contributed by atoms with Crippen LogP contribution in [-0.4, -0.2) is 71.0 Å². The first kappa shape index (κ1) is 29.4. The Labute approximate surface area is 248 Å². The molecule has 2 aliphatic heterocycles. The first-order valence-corrected chi connectivity index (χ1v) is 14.2. The van der Waals surface area contributed by atoms with Crippen LogP contribution in [0.1, 0.15) is 64.9 Å². The third kappa shape index (κ3) is 6.37. The number of imide groups is 2. The zero-order valence-corrected chi connectivity index (χ0v) is 23.8. The summed E-state index contributed by atoms with van der Waals surface area (Å²) in [6.45, 7) is 1.35. The van der Waals surface area contributed by atoms with E-state index in [2.05, 4.69) is 25.6 Å². The van der Waals surface area contributed by atoms with Crippen molar-refractivity contribution in [3.63, 3.8) is 0 Å². The van der Waals surface area contributed by atoms with Gasteiger partial charge in [-0.2, -0.15) is 0 Å². The number of carbonyl (C=O) groups excluding carboxylic acids is 4. The van der Waals surface area contributed by atoms with Gasteiger partial charge in [-0.3, -0.25) is 39.4 Å². The number of nitrogens with one attached hydrogen (secondary N) is 2. The SMILES string of the molecule is COc1cccc2ncc(C(C=NCCCCCCNc3ccc4c(c3)C(=O)N(C3CCC(=O)NC3=O)C4=O)=CN)nc12. The summed E-state index contributed by atoms with van der Waals surface area (Å²) in [6, 6.07) is 9.61. The van der Waals surface area contributed by atoms with Gasteiger partial charge in [-0.25, -0.2) is 4.98 Å². The Morgan fingerprint density at radius 3 is 2.72 bits per heavy atom. The van der Waals surface area contributed by atoms with Crippen molar-refractivity contribution in [1.29, 1.82) is 0 Å². The van der Waals surface area contributed by atoms with Gasteiger partial charge in [0.2, 0.25) is 11.8 Å². The first-order chi connectivity index (χ1) is 20.9. The van der Waals surface area contributed by atoms with Gasteiger partial charge in [0.05, 0.1) is 35.6 Å². The number of hydrogen-bond donors (Lipinski definition) is 3. The highest BCUT2D eigenvalue weighted by atomic mass is 16.5. The van der Waals surface area contributed by atoms with E-state index in [-0.39, 0.29) is 24.0 Å². The highest BCUT2D eigenvalue weighted by Gasteiger charge is 2.44. The van der Waals surface area contributed by atoms with E-state index in [0.717, 1.165) is 41.8 Å². The number of methoxy groups -OCH3 is 1. The van der Waals surface area contributed by atoms with Crippen LogP contribution in [0.2, 0.25) is 0 Å². The van der Waals surface area contributed by atoms with Crippen LogP contribution in [0, 0.1) is 0 Å². The third-order valence-electron chi connectivity index (χ3n) is 7.44. The predicted molar refractivity (Wildman–Crippen MR) is 162 cm³/mol. The normalized spacial score (nSPS) is 17.1. The Bertz CT molecular complexity index is 1630. The quantitative estimate of drug-likeness (QED) is 0.165. The fourth-order valence-electron chi connectivity index (χ4n) is 5.16. The van der Waals surface area contributed by atoms with Crippen molar-refractivity contribution in [3.8, 4) is 5.75 Å². The summed E-state index contributed by atoms with van der Waals surface area (Å²) in [5.74, 6) is -1.40. The smallest absolute Gasteiger partial charge is 0.262 e. The van der Waals surface area contributed by atoms with E-state index in [0.29, 0.717) is 35.6 Å². The number of aromatic nitrogens is 2. The molecule has 0 saturated carbocycles. The van der Waals surface area contributed by atoms with E-state index in [1.165, 1.54) is 6.20 Å². The summed E-state index contributed by atoms with van der Waals surface area (Å²) >= 11 is 0. The number of anilines is 1. The number of unbranched alkanes of at least 4 members (excludes halogenated alkanes) is 3. The molecule has 12 heteroatoms. The number of nitrogens with two attached hydrogens (primary N) is 1. The van der Waals surface area contributed by atoms with Crippen molar-refractivity contribution < 1.29 is 23.9 Å². The van der Waals surface area contributed by atoms with Gasteiger partial charge >= 0.3 is 0 Å². The second kappa shape index (κ2) is 13.2. The van der Waals surface area contributed by atoms with Gasteiger partial charge in [-0.15, -0.1) is 0 Å². The molecule has 2 aromatic carbocycles. The molecule has 3 aromatic rings. The fourth-order valence-corrected chi connectivity index (χ4v) is 5.16. The summed E-state index contributed by atoms with van der Waals surface area (Å²) < 4.78 is 5.39. The molecule has 12 nitrogen and oxygen atoms in total. The molecule has 0 spiro atoms. The first-order valence-electron chi connectivity index (χ1n) is 14.2. The summed E-state index contributed by atoms with van der Waals surface area (Å²) in [4.78, 5) is 64.1. The molecule has 0 bridgehead atoms. The minimum Gasteiger partial charge on any atom is -0.494 e. The lowest BCUT2D eigenvalue weighted by atomic mass is 10.0. The largest absolute Gasteiger partial charge is 0.494 e. The van der Waals surface area contributed by atoms with Crippen LogP contribution >= 0.6 is 0 Å². The number of allylic oxidation sites excluding steroid dienone is 1. The molecule has 1 atom stereocenters. The van der Waals surface area contributed by atoms with Gasteiger partial charge in [-0.1, -0.05) is 18.9 Å². The average molecular weight is 584 g/mol. The predicted octanol–water partition coefficient (Wildman–Crippen LogP) is 3.08. The molecule has 2 aliphatic rings. The Morgan fingerprint density at radius 1 is 1.12 bits per heavy atom. The fraction of sp³-hybridized carbons (Fsp3) is 0.323. The van der Waals surface area contributed by atoms with E-state index in [1.54, 1.807) is 37.7 Å². The number of rotatable bonds is 12. The molecule has 0 radical (unpaired) electrons. The molecule has 1 aromatic heterocycles. The third-order valence-corrected chi connectivity index (χ3v) is 7.44. The number of piperidine rings is 1. The summed E-state index contributed by atoms with van der Waals surface area (Å²) in [7, 11) is 1.60. The molecule has 0 aliphatic carbocycles. The highest BCUT2D eigenvalue weighted by molar-refractivity contribution is 6.23. The maximum atomic E-state index is 13.0. The van der Waals surface area contributed by atoms with Gasteiger partial charge in [0.25, 0.3) is 11.8 Å². The molecule has 1 saturated heterocycles. The topological polar surface area (TPSA) is 169 Å². The summed E-state index contributed by atoms with van der Waals surface area (Å²) in [5, 5.41) is 5.51. The number of nitrogens with zero attached hydrogens (tertiary/aromatic N) is 4. The number of aliphatic imine (C=N–C) groups is 1. The Kier molecular flexibility index (Phi) is 9.04. The number of para-hydroxylation sites is 1. The zero-order chi connectivity index (χ0) is 30.3. The van der Waals surface area contributed by atoms with Gasteiger partial charge in [0.1, 0.15) is 17.3 Å². The Hall–Kier alpha value is -5.13. The minimum absolute atomic E-state index is 0.0886. The molecule has 1 fully saturated rings. The molecule has 4 N–H and O–H groups in total. The molecular weight excluding hydrogens is 550 g/mol. The van der Waals surface area contributed by atoms with E-state index in [4.69, 9.17) is 10.5 Å². The standard InChI is InChI=1S/C31H33N7O5/c1-43-26-8-6-7-23-28(26)36-24(18-35-23)19(16-32)17-33-13-4-2-3-5-14-34-20-9-10-21-22(15-20)31(42)38(30(21)41)25-11-12-27(39)37-29(25)40/h6-10,15-18,25,34H,2-5,11-14,32H2,1H3,(H,37,39,40). The van der Waals surface area contributed by atoms with E-state index < -0.39 is 29.7 Å². The van der Waals surface area contributed by atoms with E-state index in [1.807, 2.05) is 18.2 Å². The van der Waals surface area contributed by atoms with Crippen LogP contribution in [0.4, 0.5) is 5.69 Å². The monoisotopic (exact) mass is 583 g/mol. The van der Waals surface area contributed by atoms with Crippen LogP contribution in [0.5, 0.6) is 5.75 Å². The van der Waals surface area contributed by atoms with Gasteiger partial charge in [-0.05, 0) is 49.6 Å². The number of benzene rings is 2. The molecule has 1 unspecified atom stereocenters. The van der Waals surface area contributed by atoms with Crippen LogP contribution < -0.4 is 21.1 Å². The zero-order valence-electron chi connectivity index (χ0n) is 23.8.